The summed E-state index contributed by atoms with van der Waals surface area (Å²) < 4.78 is 26.1. The van der Waals surface area contributed by atoms with Gasteiger partial charge in [-0.1, -0.05) is 12.1 Å². The maximum Gasteiger partial charge on any atom is 0.262 e. The molecule has 0 spiro atoms. The Morgan fingerprint density at radius 2 is 1.54 bits per heavy atom. The molecule has 0 amide bonds. The Morgan fingerprint density at radius 3 is 2.23 bits per heavy atom. The van der Waals surface area contributed by atoms with E-state index in [0.717, 1.165) is 0 Å². The molecule has 4 rings (SSSR count). The van der Waals surface area contributed by atoms with Crippen molar-refractivity contribution < 1.29 is 8.78 Å². The number of halogens is 2. The van der Waals surface area contributed by atoms with E-state index < -0.39 is 0 Å². The molecule has 0 aliphatic rings. The number of nitrogens with zero attached hydrogens (tertiary/aromatic N) is 2. The summed E-state index contributed by atoms with van der Waals surface area (Å²) >= 11 is 0. The molecule has 7 heteroatoms. The molecule has 5 nitrogen and oxygen atoms in total. The van der Waals surface area contributed by atoms with Crippen LogP contribution in [0, 0.1) is 11.6 Å². The van der Waals surface area contributed by atoms with E-state index >= 15 is 0 Å². The van der Waals surface area contributed by atoms with Gasteiger partial charge in [0, 0.05) is 11.9 Å². The number of aromatic nitrogens is 3. The molecule has 4 aromatic rings. The predicted molar refractivity (Wildman–Crippen MR) is 95.2 cm³/mol. The lowest BCUT2D eigenvalue weighted by Crippen LogP contribution is -2.13. The van der Waals surface area contributed by atoms with Gasteiger partial charge in [0.15, 0.2) is 5.65 Å². The number of H-pyrrole nitrogens is 1. The number of anilines is 2. The van der Waals surface area contributed by atoms with Gasteiger partial charge in [-0.05, 0) is 53.6 Å². The van der Waals surface area contributed by atoms with Crippen LogP contribution in [-0.4, -0.2) is 15.0 Å². The van der Waals surface area contributed by atoms with Crippen LogP contribution >= 0.6 is 0 Å². The monoisotopic (exact) mass is 350 g/mol. The molecule has 0 aliphatic heterocycles. The first kappa shape index (κ1) is 15.9. The zero-order valence-corrected chi connectivity index (χ0v) is 13.3. The Labute approximate surface area is 146 Å². The van der Waals surface area contributed by atoms with Crippen LogP contribution in [0.1, 0.15) is 0 Å². The van der Waals surface area contributed by atoms with Crippen LogP contribution in [-0.2, 0) is 0 Å². The number of pyridine rings is 1. The Balaban J connectivity index is 1.80. The molecular weight excluding hydrogens is 338 g/mol. The molecule has 0 unspecified atom stereocenters. The molecule has 0 saturated heterocycles. The van der Waals surface area contributed by atoms with Gasteiger partial charge in [0.2, 0.25) is 5.95 Å². The summed E-state index contributed by atoms with van der Waals surface area (Å²) in [5.74, 6) is -0.524. The second-order valence-corrected chi connectivity index (χ2v) is 5.61. The molecule has 2 heterocycles. The SMILES string of the molecule is O=c1[nH]c(Nc2ccc(F)cc2)nc2nccc(-c3ccc(F)cc3)c12. The van der Waals surface area contributed by atoms with Crippen LogP contribution in [0.25, 0.3) is 22.2 Å². The average Bonchev–Trinajstić information content (AvgIpc) is 2.64. The average molecular weight is 350 g/mol. The second-order valence-electron chi connectivity index (χ2n) is 5.61. The van der Waals surface area contributed by atoms with E-state index in [0.29, 0.717) is 22.2 Å². The number of fused-ring (bicyclic) bond motifs is 1. The molecule has 0 fully saturated rings. The molecule has 2 aromatic carbocycles. The fourth-order valence-electron chi connectivity index (χ4n) is 2.66. The van der Waals surface area contributed by atoms with Crippen LogP contribution in [0.4, 0.5) is 20.4 Å². The summed E-state index contributed by atoms with van der Waals surface area (Å²) in [7, 11) is 0. The highest BCUT2D eigenvalue weighted by atomic mass is 19.1. The van der Waals surface area contributed by atoms with Crippen LogP contribution in [0.15, 0.2) is 65.6 Å². The molecule has 0 aliphatic carbocycles. The Hall–Kier alpha value is -3.61. The van der Waals surface area contributed by atoms with Gasteiger partial charge in [-0.3, -0.25) is 9.78 Å². The fraction of sp³-hybridized carbons (Fsp3) is 0. The van der Waals surface area contributed by atoms with Gasteiger partial charge in [-0.2, -0.15) is 4.98 Å². The van der Waals surface area contributed by atoms with Crippen molar-refractivity contribution in [3.05, 3.63) is 82.8 Å². The van der Waals surface area contributed by atoms with Crippen molar-refractivity contribution in [2.75, 3.05) is 5.32 Å². The van der Waals surface area contributed by atoms with E-state index in [1.807, 2.05) is 0 Å². The Bertz CT molecular complexity index is 1140. The van der Waals surface area contributed by atoms with Crippen LogP contribution < -0.4 is 10.9 Å². The van der Waals surface area contributed by atoms with Crippen molar-refractivity contribution in [3.8, 4) is 11.1 Å². The van der Waals surface area contributed by atoms with Crippen LogP contribution in [0.2, 0.25) is 0 Å². The smallest absolute Gasteiger partial charge is 0.262 e. The zero-order valence-electron chi connectivity index (χ0n) is 13.3. The standard InChI is InChI=1S/C19H12F2N4O/c20-12-3-1-11(2-4-12)15-9-10-22-17-16(15)18(26)25-19(24-17)23-14-7-5-13(21)6-8-14/h1-10H,(H2,22,23,24,25,26). The van der Waals surface area contributed by atoms with Crippen molar-refractivity contribution in [3.63, 3.8) is 0 Å². The number of benzene rings is 2. The van der Waals surface area contributed by atoms with Crippen molar-refractivity contribution in [1.82, 2.24) is 15.0 Å². The number of hydrogen-bond donors (Lipinski definition) is 2. The lowest BCUT2D eigenvalue weighted by atomic mass is 10.0. The van der Waals surface area contributed by atoms with Crippen LogP contribution in [0.3, 0.4) is 0 Å². The number of aromatic amines is 1. The lowest BCUT2D eigenvalue weighted by Gasteiger charge is -2.08. The molecule has 0 bridgehead atoms. The minimum Gasteiger partial charge on any atom is -0.326 e. The molecule has 0 radical (unpaired) electrons. The van der Waals surface area contributed by atoms with Crippen LogP contribution in [0.5, 0.6) is 0 Å². The molecular formula is C19H12F2N4O. The topological polar surface area (TPSA) is 70.7 Å². The minimum atomic E-state index is -0.382. The first-order valence-corrected chi connectivity index (χ1v) is 7.78. The summed E-state index contributed by atoms with van der Waals surface area (Å²) in [6.07, 6.45) is 1.54. The molecule has 128 valence electrons. The van der Waals surface area contributed by atoms with Gasteiger partial charge in [-0.25, -0.2) is 13.8 Å². The lowest BCUT2D eigenvalue weighted by molar-refractivity contribution is 0.627. The van der Waals surface area contributed by atoms with Gasteiger partial charge < -0.3 is 5.32 Å². The fourth-order valence-corrected chi connectivity index (χ4v) is 2.66. The van der Waals surface area contributed by atoms with Gasteiger partial charge in [-0.15, -0.1) is 0 Å². The molecule has 2 aromatic heterocycles. The van der Waals surface area contributed by atoms with Crippen molar-refractivity contribution in [1.29, 1.82) is 0 Å². The maximum absolute atomic E-state index is 13.2. The molecule has 0 saturated carbocycles. The van der Waals surface area contributed by atoms with Gasteiger partial charge in [0.25, 0.3) is 5.56 Å². The number of nitrogens with one attached hydrogen (secondary N) is 2. The van der Waals surface area contributed by atoms with Crippen molar-refractivity contribution >= 4 is 22.7 Å². The van der Waals surface area contributed by atoms with E-state index in [1.54, 1.807) is 18.2 Å². The third kappa shape index (κ3) is 3.02. The number of hydrogen-bond acceptors (Lipinski definition) is 4. The molecule has 26 heavy (non-hydrogen) atoms. The highest BCUT2D eigenvalue weighted by Crippen LogP contribution is 2.25. The van der Waals surface area contributed by atoms with E-state index in [4.69, 9.17) is 0 Å². The summed E-state index contributed by atoms with van der Waals surface area (Å²) in [4.78, 5) is 23.7. The maximum atomic E-state index is 13.2. The van der Waals surface area contributed by atoms with Crippen molar-refractivity contribution in [2.45, 2.75) is 0 Å². The van der Waals surface area contributed by atoms with Gasteiger partial charge in [0.05, 0.1) is 5.39 Å². The van der Waals surface area contributed by atoms with E-state index in [9.17, 15) is 13.6 Å². The van der Waals surface area contributed by atoms with Gasteiger partial charge in [0.1, 0.15) is 11.6 Å². The second kappa shape index (κ2) is 6.36. The summed E-state index contributed by atoms with van der Waals surface area (Å²) in [6.45, 7) is 0. The van der Waals surface area contributed by atoms with E-state index in [-0.39, 0.29) is 28.8 Å². The Morgan fingerprint density at radius 1 is 0.885 bits per heavy atom. The van der Waals surface area contributed by atoms with Gasteiger partial charge >= 0.3 is 0 Å². The highest BCUT2D eigenvalue weighted by molar-refractivity contribution is 5.92. The molecule has 2 N–H and O–H groups in total. The highest BCUT2D eigenvalue weighted by Gasteiger charge is 2.11. The summed E-state index contributed by atoms with van der Waals surface area (Å²) in [5, 5.41) is 3.22. The third-order valence-electron chi connectivity index (χ3n) is 3.87. The van der Waals surface area contributed by atoms with E-state index in [2.05, 4.69) is 20.3 Å². The van der Waals surface area contributed by atoms with E-state index in [1.165, 1.54) is 42.6 Å². The largest absolute Gasteiger partial charge is 0.326 e. The first-order valence-electron chi connectivity index (χ1n) is 7.78. The number of rotatable bonds is 3. The first-order chi connectivity index (χ1) is 12.6. The predicted octanol–water partition coefficient (Wildman–Crippen LogP) is 4.01. The summed E-state index contributed by atoms with van der Waals surface area (Å²) in [6, 6.07) is 13.2. The Kier molecular flexibility index (Phi) is 3.89. The molecule has 0 atom stereocenters. The third-order valence-corrected chi connectivity index (χ3v) is 3.87. The normalized spacial score (nSPS) is 10.8. The minimum absolute atomic E-state index is 0.192. The van der Waals surface area contributed by atoms with Crippen molar-refractivity contribution in [2.24, 2.45) is 0 Å². The summed E-state index contributed by atoms with van der Waals surface area (Å²) in [5.41, 5.74) is 1.73. The quantitative estimate of drug-likeness (QED) is 0.586. The zero-order chi connectivity index (χ0) is 18.1.